The van der Waals surface area contributed by atoms with E-state index < -0.39 is 5.82 Å². The molecular formula is C15H17FN4. The highest BCUT2D eigenvalue weighted by atomic mass is 19.1. The summed E-state index contributed by atoms with van der Waals surface area (Å²) in [5, 5.41) is 16.6. The van der Waals surface area contributed by atoms with Gasteiger partial charge in [-0.2, -0.15) is 10.4 Å². The van der Waals surface area contributed by atoms with Crippen molar-refractivity contribution in [1.29, 1.82) is 5.26 Å². The first kappa shape index (κ1) is 14.1. The van der Waals surface area contributed by atoms with E-state index in [2.05, 4.69) is 17.3 Å². The molecule has 5 heteroatoms. The first-order valence-corrected chi connectivity index (χ1v) is 6.67. The molecule has 0 aliphatic rings. The van der Waals surface area contributed by atoms with Gasteiger partial charge in [0, 0.05) is 6.54 Å². The molecule has 4 nitrogen and oxygen atoms in total. The molecule has 0 fully saturated rings. The Balaban J connectivity index is 2.17. The van der Waals surface area contributed by atoms with Gasteiger partial charge < -0.3 is 5.32 Å². The van der Waals surface area contributed by atoms with Gasteiger partial charge in [0.25, 0.3) is 0 Å². The molecule has 1 N–H and O–H groups in total. The first-order chi connectivity index (χ1) is 9.67. The van der Waals surface area contributed by atoms with Crippen LogP contribution in [0.4, 0.5) is 10.1 Å². The topological polar surface area (TPSA) is 53.6 Å². The minimum absolute atomic E-state index is 0.309. The lowest BCUT2D eigenvalue weighted by Crippen LogP contribution is -2.08. The van der Waals surface area contributed by atoms with E-state index in [-0.39, 0.29) is 0 Å². The van der Waals surface area contributed by atoms with Crippen molar-refractivity contribution in [1.82, 2.24) is 9.78 Å². The number of aryl methyl sites for hydroxylation is 2. The minimum atomic E-state index is -0.404. The Morgan fingerprint density at radius 1 is 1.35 bits per heavy atom. The Kier molecular flexibility index (Phi) is 4.36. The van der Waals surface area contributed by atoms with Gasteiger partial charge in [-0.1, -0.05) is 6.92 Å². The molecule has 0 spiro atoms. The monoisotopic (exact) mass is 272 g/mol. The first-order valence-electron chi connectivity index (χ1n) is 6.67. The molecule has 2 rings (SSSR count). The normalized spacial score (nSPS) is 10.3. The summed E-state index contributed by atoms with van der Waals surface area (Å²) in [6.45, 7) is 5.45. The highest BCUT2D eigenvalue weighted by molar-refractivity contribution is 5.57. The molecule has 0 atom stereocenters. The molecule has 104 valence electrons. The quantitative estimate of drug-likeness (QED) is 0.910. The lowest BCUT2D eigenvalue weighted by molar-refractivity contribution is 0.619. The molecule has 1 heterocycles. The van der Waals surface area contributed by atoms with Gasteiger partial charge in [-0.05, 0) is 37.6 Å². The summed E-state index contributed by atoms with van der Waals surface area (Å²) >= 11 is 0. The van der Waals surface area contributed by atoms with Crippen LogP contribution < -0.4 is 5.32 Å². The zero-order chi connectivity index (χ0) is 14.5. The van der Waals surface area contributed by atoms with E-state index in [0.29, 0.717) is 17.8 Å². The average molecular weight is 272 g/mol. The number of nitriles is 1. The van der Waals surface area contributed by atoms with Crippen LogP contribution in [-0.2, 0) is 19.5 Å². The smallest absolute Gasteiger partial charge is 0.124 e. The predicted octanol–water partition coefficient (Wildman–Crippen LogP) is 3.09. The summed E-state index contributed by atoms with van der Waals surface area (Å²) in [7, 11) is 0. The number of hydrogen-bond donors (Lipinski definition) is 1. The fourth-order valence-corrected chi connectivity index (χ4v) is 2.05. The molecule has 0 saturated carbocycles. The van der Waals surface area contributed by atoms with Crippen molar-refractivity contribution in [3.63, 3.8) is 0 Å². The largest absolute Gasteiger partial charge is 0.378 e. The number of anilines is 1. The van der Waals surface area contributed by atoms with Crippen molar-refractivity contribution >= 4 is 5.69 Å². The molecule has 0 amide bonds. The fourth-order valence-electron chi connectivity index (χ4n) is 2.05. The predicted molar refractivity (Wildman–Crippen MR) is 75.7 cm³/mol. The van der Waals surface area contributed by atoms with E-state index >= 15 is 0 Å². The molecule has 0 aliphatic carbocycles. The summed E-state index contributed by atoms with van der Waals surface area (Å²) in [6.07, 6.45) is 0.889. The summed E-state index contributed by atoms with van der Waals surface area (Å²) in [4.78, 5) is 0. The van der Waals surface area contributed by atoms with Gasteiger partial charge in [-0.15, -0.1) is 0 Å². The molecule has 0 radical (unpaired) electrons. The Hall–Kier alpha value is -2.35. The van der Waals surface area contributed by atoms with Crippen LogP contribution in [0.2, 0.25) is 0 Å². The van der Waals surface area contributed by atoms with Crippen LogP contribution in [-0.4, -0.2) is 9.78 Å². The van der Waals surface area contributed by atoms with Crippen LogP contribution in [0.15, 0.2) is 24.3 Å². The fraction of sp³-hybridized carbons (Fsp3) is 0.333. The maximum atomic E-state index is 13.1. The van der Waals surface area contributed by atoms with Gasteiger partial charge in [-0.3, -0.25) is 4.68 Å². The number of aromatic nitrogens is 2. The van der Waals surface area contributed by atoms with Crippen molar-refractivity contribution in [2.24, 2.45) is 0 Å². The van der Waals surface area contributed by atoms with Gasteiger partial charge >= 0.3 is 0 Å². The summed E-state index contributed by atoms with van der Waals surface area (Å²) < 4.78 is 15.0. The molecular weight excluding hydrogens is 255 g/mol. The summed E-state index contributed by atoms with van der Waals surface area (Å²) in [5.74, 6) is -0.404. The van der Waals surface area contributed by atoms with Gasteiger partial charge in [0.1, 0.15) is 11.9 Å². The number of benzene rings is 1. The maximum absolute atomic E-state index is 13.1. The van der Waals surface area contributed by atoms with Crippen LogP contribution in [0, 0.1) is 17.1 Å². The molecule has 2 aromatic rings. The maximum Gasteiger partial charge on any atom is 0.124 e. The van der Waals surface area contributed by atoms with Gasteiger partial charge in [-0.25, -0.2) is 4.39 Å². The van der Waals surface area contributed by atoms with Crippen LogP contribution in [0.3, 0.4) is 0 Å². The molecule has 0 bridgehead atoms. The second kappa shape index (κ2) is 6.20. The van der Waals surface area contributed by atoms with E-state index in [0.717, 1.165) is 24.4 Å². The van der Waals surface area contributed by atoms with E-state index in [1.807, 2.05) is 23.7 Å². The van der Waals surface area contributed by atoms with Crippen LogP contribution >= 0.6 is 0 Å². The number of halogens is 1. The van der Waals surface area contributed by atoms with Crippen molar-refractivity contribution in [2.45, 2.75) is 33.4 Å². The lowest BCUT2D eigenvalue weighted by atomic mass is 10.2. The van der Waals surface area contributed by atoms with E-state index in [1.165, 1.54) is 12.1 Å². The molecule has 0 saturated heterocycles. The Labute approximate surface area is 117 Å². The molecule has 0 unspecified atom stereocenters. The van der Waals surface area contributed by atoms with Crippen LogP contribution in [0.1, 0.15) is 30.8 Å². The highest BCUT2D eigenvalue weighted by Crippen LogP contribution is 2.17. The number of rotatable bonds is 5. The third-order valence-corrected chi connectivity index (χ3v) is 3.14. The Morgan fingerprint density at radius 2 is 2.15 bits per heavy atom. The standard InChI is InChI=1S/C15H17FN4/c1-3-13-8-14(20(4-2)19-13)10-18-15-6-5-12(16)7-11(15)9-17/h5-8,18H,3-4,10H2,1-2H3. The molecule has 1 aromatic heterocycles. The number of hydrogen-bond acceptors (Lipinski definition) is 3. The lowest BCUT2D eigenvalue weighted by Gasteiger charge is -2.09. The molecule has 1 aromatic carbocycles. The Morgan fingerprint density at radius 3 is 2.80 bits per heavy atom. The van der Waals surface area contributed by atoms with Gasteiger partial charge in [0.05, 0.1) is 29.2 Å². The van der Waals surface area contributed by atoms with Gasteiger partial charge in [0.15, 0.2) is 0 Å². The average Bonchev–Trinajstić information content (AvgIpc) is 2.88. The van der Waals surface area contributed by atoms with E-state index in [4.69, 9.17) is 5.26 Å². The van der Waals surface area contributed by atoms with E-state index in [9.17, 15) is 4.39 Å². The SMILES string of the molecule is CCc1cc(CNc2ccc(F)cc2C#N)n(CC)n1. The molecule has 20 heavy (non-hydrogen) atoms. The summed E-state index contributed by atoms with van der Waals surface area (Å²) in [5.41, 5.74) is 3.04. The second-order valence-electron chi connectivity index (χ2n) is 4.45. The zero-order valence-electron chi connectivity index (χ0n) is 11.7. The number of nitrogens with zero attached hydrogens (tertiary/aromatic N) is 3. The van der Waals surface area contributed by atoms with E-state index in [1.54, 1.807) is 6.07 Å². The number of nitrogens with one attached hydrogen (secondary N) is 1. The van der Waals surface area contributed by atoms with Crippen LogP contribution in [0.5, 0.6) is 0 Å². The Bertz CT molecular complexity index is 640. The van der Waals surface area contributed by atoms with Crippen molar-refractivity contribution in [3.8, 4) is 6.07 Å². The van der Waals surface area contributed by atoms with Crippen molar-refractivity contribution in [2.75, 3.05) is 5.32 Å². The van der Waals surface area contributed by atoms with Gasteiger partial charge in [0.2, 0.25) is 0 Å². The van der Waals surface area contributed by atoms with Crippen molar-refractivity contribution in [3.05, 3.63) is 47.0 Å². The third kappa shape index (κ3) is 2.97. The summed E-state index contributed by atoms with van der Waals surface area (Å²) in [6, 6.07) is 8.20. The second-order valence-corrected chi connectivity index (χ2v) is 4.45. The van der Waals surface area contributed by atoms with Crippen molar-refractivity contribution < 1.29 is 4.39 Å². The highest BCUT2D eigenvalue weighted by Gasteiger charge is 2.07. The molecule has 0 aliphatic heterocycles. The minimum Gasteiger partial charge on any atom is -0.378 e. The third-order valence-electron chi connectivity index (χ3n) is 3.14. The van der Waals surface area contributed by atoms with Crippen LogP contribution in [0.25, 0.3) is 0 Å². The zero-order valence-corrected chi connectivity index (χ0v) is 11.7.